The molecule has 2 atom stereocenters. The van der Waals surface area contributed by atoms with Crippen molar-refractivity contribution in [1.29, 1.82) is 0 Å². The fourth-order valence-electron chi connectivity index (χ4n) is 6.15. The largest absolute Gasteiger partial charge is 0.491 e. The van der Waals surface area contributed by atoms with Gasteiger partial charge >= 0.3 is 0 Å². The van der Waals surface area contributed by atoms with Crippen molar-refractivity contribution in [3.05, 3.63) is 145 Å². The first kappa shape index (κ1) is 41.3. The molecule has 0 aliphatic carbocycles. The third kappa shape index (κ3) is 12.6. The van der Waals surface area contributed by atoms with Crippen molar-refractivity contribution in [2.24, 2.45) is 10.2 Å². The Labute approximate surface area is 332 Å². The van der Waals surface area contributed by atoms with E-state index >= 15 is 0 Å². The van der Waals surface area contributed by atoms with E-state index in [-0.39, 0.29) is 26.3 Å². The van der Waals surface area contributed by atoms with Gasteiger partial charge in [0.05, 0.1) is 36.9 Å². The summed E-state index contributed by atoms with van der Waals surface area (Å²) in [6, 6.07) is 43.3. The molecule has 0 aliphatic heterocycles. The average Bonchev–Trinajstić information content (AvgIpc) is 3.25. The number of benzene rings is 5. The molecule has 0 heterocycles. The van der Waals surface area contributed by atoms with Gasteiger partial charge in [0.1, 0.15) is 36.9 Å². The first-order valence-electron chi connectivity index (χ1n) is 19.5. The van der Waals surface area contributed by atoms with Gasteiger partial charge in [0.2, 0.25) is 0 Å². The Morgan fingerprint density at radius 2 is 0.804 bits per heavy atom. The highest BCUT2D eigenvalue weighted by molar-refractivity contribution is 5.82. The van der Waals surface area contributed by atoms with Gasteiger partial charge in [-0.25, -0.2) is 0 Å². The lowest BCUT2D eigenvalue weighted by Gasteiger charge is -2.23. The molecule has 0 aromatic heterocycles. The maximum absolute atomic E-state index is 11.0. The Hall–Kier alpha value is -5.84. The molecule has 5 rings (SSSR count). The lowest BCUT2D eigenvalue weighted by Crippen LogP contribution is -2.33. The zero-order valence-corrected chi connectivity index (χ0v) is 33.1. The van der Waals surface area contributed by atoms with Crippen LogP contribution in [0, 0.1) is 0 Å². The van der Waals surface area contributed by atoms with Crippen LogP contribution in [0.25, 0.3) is 0 Å². The standard InChI is InChI=1S/C46H56N6O4/c1-5-49(6-2)39-23-19-37(20-24-39)31-47-51(41-15-11-9-12-16-41)33-43(53)35-55-45-27-29-46(30-28-45)56-36-44(54)34-52(42-17-13-10-14-18-42)48-32-38-21-25-40(26-22-38)50(7-3)8-4/h9-32,43-44,53-54H,5-8,33-36H2,1-4H3/b47-31+,48-32+. The molecule has 0 amide bonds. The second-order valence-corrected chi connectivity index (χ2v) is 13.3. The average molecular weight is 757 g/mol. The summed E-state index contributed by atoms with van der Waals surface area (Å²) in [4.78, 5) is 4.59. The molecule has 0 saturated carbocycles. The van der Waals surface area contributed by atoms with Crippen LogP contribution >= 0.6 is 0 Å². The van der Waals surface area contributed by atoms with Gasteiger partial charge in [-0.05, 0) is 112 Å². The van der Waals surface area contributed by atoms with Crippen molar-refractivity contribution in [1.82, 2.24) is 0 Å². The van der Waals surface area contributed by atoms with Gasteiger partial charge in [-0.1, -0.05) is 60.7 Å². The van der Waals surface area contributed by atoms with E-state index in [1.807, 2.05) is 73.1 Å². The molecule has 2 N–H and O–H groups in total. The van der Waals surface area contributed by atoms with Crippen LogP contribution in [0.4, 0.5) is 22.7 Å². The van der Waals surface area contributed by atoms with Crippen molar-refractivity contribution in [2.75, 3.05) is 72.3 Å². The molecule has 0 spiro atoms. The summed E-state index contributed by atoms with van der Waals surface area (Å²) in [5.74, 6) is 1.18. The first-order valence-corrected chi connectivity index (χ1v) is 19.5. The second-order valence-electron chi connectivity index (χ2n) is 13.3. The summed E-state index contributed by atoms with van der Waals surface area (Å²) in [7, 11) is 0. The van der Waals surface area contributed by atoms with E-state index in [4.69, 9.17) is 19.7 Å². The van der Waals surface area contributed by atoms with Crippen LogP contribution in [-0.4, -0.2) is 87.3 Å². The molecule has 10 nitrogen and oxygen atoms in total. The maximum atomic E-state index is 11.0. The van der Waals surface area contributed by atoms with E-state index in [0.717, 1.165) is 48.7 Å². The highest BCUT2D eigenvalue weighted by Gasteiger charge is 2.15. The molecular formula is C46H56N6O4. The van der Waals surface area contributed by atoms with Crippen LogP contribution in [-0.2, 0) is 0 Å². The summed E-state index contributed by atoms with van der Waals surface area (Å²) in [6.45, 7) is 13.0. The fourth-order valence-corrected chi connectivity index (χ4v) is 6.15. The molecule has 5 aromatic rings. The minimum absolute atomic E-state index is 0.0756. The lowest BCUT2D eigenvalue weighted by atomic mass is 10.2. The molecule has 0 radical (unpaired) electrons. The number of rotatable bonds is 22. The van der Waals surface area contributed by atoms with Crippen LogP contribution < -0.4 is 29.3 Å². The number of hydrazone groups is 2. The Bertz CT molecular complexity index is 1740. The van der Waals surface area contributed by atoms with Crippen molar-refractivity contribution in [3.63, 3.8) is 0 Å². The van der Waals surface area contributed by atoms with Crippen LogP contribution in [0.5, 0.6) is 11.5 Å². The number of aliphatic hydroxyl groups is 2. The van der Waals surface area contributed by atoms with Gasteiger partial charge in [-0.3, -0.25) is 10.0 Å². The van der Waals surface area contributed by atoms with Gasteiger partial charge in [-0.15, -0.1) is 0 Å². The van der Waals surface area contributed by atoms with Gasteiger partial charge < -0.3 is 29.5 Å². The van der Waals surface area contributed by atoms with Crippen LogP contribution in [0.3, 0.4) is 0 Å². The smallest absolute Gasteiger partial charge is 0.119 e. The van der Waals surface area contributed by atoms with E-state index in [9.17, 15) is 10.2 Å². The molecular weight excluding hydrogens is 701 g/mol. The monoisotopic (exact) mass is 756 g/mol. The van der Waals surface area contributed by atoms with Gasteiger partial charge in [0.25, 0.3) is 0 Å². The number of para-hydroxylation sites is 2. The van der Waals surface area contributed by atoms with E-state index in [2.05, 4.69) is 86.0 Å². The molecule has 2 unspecified atom stereocenters. The molecule has 0 bridgehead atoms. The topological polar surface area (TPSA) is 96.6 Å². The summed E-state index contributed by atoms with van der Waals surface area (Å²) in [5, 5.41) is 35.0. The Balaban J connectivity index is 1.12. The number of nitrogens with zero attached hydrogens (tertiary/aromatic N) is 6. The first-order chi connectivity index (χ1) is 27.4. The third-order valence-corrected chi connectivity index (χ3v) is 9.32. The Kier molecular flexibility index (Phi) is 16.2. The molecule has 0 aliphatic rings. The second kappa shape index (κ2) is 21.9. The van der Waals surface area contributed by atoms with Crippen molar-refractivity contribution in [3.8, 4) is 11.5 Å². The number of hydrogen-bond acceptors (Lipinski definition) is 10. The highest BCUT2D eigenvalue weighted by Crippen LogP contribution is 2.21. The summed E-state index contributed by atoms with van der Waals surface area (Å²) in [5.41, 5.74) is 6.03. The van der Waals surface area contributed by atoms with Crippen molar-refractivity contribution in [2.45, 2.75) is 39.9 Å². The van der Waals surface area contributed by atoms with Gasteiger partial charge in [-0.2, -0.15) is 10.2 Å². The number of anilines is 4. The minimum atomic E-state index is -0.814. The Morgan fingerprint density at radius 1 is 0.464 bits per heavy atom. The molecule has 0 saturated heterocycles. The predicted octanol–water partition coefficient (Wildman–Crippen LogP) is 7.94. The third-order valence-electron chi connectivity index (χ3n) is 9.32. The molecule has 56 heavy (non-hydrogen) atoms. The van der Waals surface area contributed by atoms with Crippen LogP contribution in [0.2, 0.25) is 0 Å². The normalized spacial score (nSPS) is 12.4. The van der Waals surface area contributed by atoms with Crippen molar-refractivity contribution < 1.29 is 19.7 Å². The molecule has 10 heteroatoms. The summed E-state index contributed by atoms with van der Waals surface area (Å²) >= 11 is 0. The highest BCUT2D eigenvalue weighted by atomic mass is 16.5. The SMILES string of the molecule is CCN(CC)c1ccc(/C=N/N(CC(O)COc2ccc(OCC(O)CN(/N=C/c3ccc(N(CC)CC)cc3)c3ccccc3)cc2)c2ccccc2)cc1. The van der Waals surface area contributed by atoms with Gasteiger partial charge in [0, 0.05) is 37.6 Å². The lowest BCUT2D eigenvalue weighted by molar-refractivity contribution is 0.110. The van der Waals surface area contributed by atoms with E-state index in [1.54, 1.807) is 34.3 Å². The Morgan fingerprint density at radius 3 is 1.12 bits per heavy atom. The number of hydrogen-bond donors (Lipinski definition) is 2. The zero-order valence-electron chi connectivity index (χ0n) is 33.1. The summed E-state index contributed by atoms with van der Waals surface area (Å²) in [6.07, 6.45) is 1.99. The van der Waals surface area contributed by atoms with E-state index in [1.165, 1.54) is 11.4 Å². The maximum Gasteiger partial charge on any atom is 0.119 e. The number of ether oxygens (including phenoxy) is 2. The van der Waals surface area contributed by atoms with Crippen LogP contribution in [0.15, 0.2) is 144 Å². The van der Waals surface area contributed by atoms with Gasteiger partial charge in [0.15, 0.2) is 0 Å². The molecule has 294 valence electrons. The quantitative estimate of drug-likeness (QED) is 0.0543. The summed E-state index contributed by atoms with van der Waals surface area (Å²) < 4.78 is 11.9. The zero-order chi connectivity index (χ0) is 39.5. The molecule has 0 fully saturated rings. The fraction of sp³-hybridized carbons (Fsp3) is 0.304. The number of aliphatic hydroxyl groups excluding tert-OH is 2. The molecule has 5 aromatic carbocycles. The van der Waals surface area contributed by atoms with E-state index < -0.39 is 12.2 Å². The van der Waals surface area contributed by atoms with E-state index in [0.29, 0.717) is 11.5 Å². The minimum Gasteiger partial charge on any atom is -0.491 e. The van der Waals surface area contributed by atoms with Crippen molar-refractivity contribution >= 4 is 35.2 Å². The van der Waals surface area contributed by atoms with Crippen LogP contribution in [0.1, 0.15) is 38.8 Å². The predicted molar refractivity (Wildman–Crippen MR) is 232 cm³/mol.